The lowest BCUT2D eigenvalue weighted by Crippen LogP contribution is -2.11. The molecule has 1 rings (SSSR count). The van der Waals surface area contributed by atoms with Crippen LogP contribution >= 0.6 is 0 Å². The average Bonchev–Trinajstić information content (AvgIpc) is 2.21. The summed E-state index contributed by atoms with van der Waals surface area (Å²) >= 11 is 0. The first-order chi connectivity index (χ1) is 7.93. The number of carbonyl (C=O) groups excluding carboxylic acids is 1. The summed E-state index contributed by atoms with van der Waals surface area (Å²) in [5.74, 6) is -0.888. The van der Waals surface area contributed by atoms with Crippen LogP contribution in [0.1, 0.15) is 26.3 Å². The van der Waals surface area contributed by atoms with Crippen molar-refractivity contribution in [2.24, 2.45) is 11.1 Å². The normalized spacial score (nSPS) is 11.6. The number of oxime groups is 1. The Kier molecular flexibility index (Phi) is 4.09. The lowest BCUT2D eigenvalue weighted by Gasteiger charge is -2.12. The van der Waals surface area contributed by atoms with Crippen molar-refractivity contribution in [3.05, 3.63) is 23.8 Å². The van der Waals surface area contributed by atoms with Gasteiger partial charge in [-0.3, -0.25) is 0 Å². The van der Waals surface area contributed by atoms with Crippen LogP contribution in [-0.4, -0.2) is 21.9 Å². The number of benzene rings is 1. The summed E-state index contributed by atoms with van der Waals surface area (Å²) in [4.78, 5) is 15.3. The lowest BCUT2D eigenvalue weighted by atomic mass is 9.98. The van der Waals surface area contributed by atoms with Crippen LogP contribution in [0.15, 0.2) is 23.4 Å². The highest BCUT2D eigenvalue weighted by atomic mass is 16.7. The maximum absolute atomic E-state index is 10.7. The summed E-state index contributed by atoms with van der Waals surface area (Å²) in [6.07, 6.45) is 0. The second kappa shape index (κ2) is 5.34. The highest BCUT2D eigenvalue weighted by molar-refractivity contribution is 6.06. The second-order valence-corrected chi connectivity index (χ2v) is 3.89. The molecule has 0 fully saturated rings. The summed E-state index contributed by atoms with van der Waals surface area (Å²) < 4.78 is 0. The number of phenolic OH excluding ortho intramolecular Hbond substituents is 2. The van der Waals surface area contributed by atoms with E-state index in [9.17, 15) is 15.0 Å². The van der Waals surface area contributed by atoms with Gasteiger partial charge in [0.25, 0.3) is 0 Å². The Morgan fingerprint density at radius 3 is 2.24 bits per heavy atom. The van der Waals surface area contributed by atoms with Gasteiger partial charge in [-0.1, -0.05) is 25.1 Å². The standard InChI is InChI=1S/C12H15NO4/c1-7(2)12(13-17-8(3)14)11-9(15)5-4-6-10(11)16/h4-7,15-16H,1-3H3. The monoisotopic (exact) mass is 237 g/mol. The summed E-state index contributed by atoms with van der Waals surface area (Å²) in [7, 11) is 0. The van der Waals surface area contributed by atoms with Crippen molar-refractivity contribution in [2.75, 3.05) is 0 Å². The van der Waals surface area contributed by atoms with E-state index in [2.05, 4.69) is 9.99 Å². The van der Waals surface area contributed by atoms with Gasteiger partial charge in [-0.05, 0) is 18.1 Å². The molecule has 2 N–H and O–H groups in total. The van der Waals surface area contributed by atoms with E-state index < -0.39 is 5.97 Å². The molecule has 1 aromatic rings. The Bertz CT molecular complexity index is 432. The molecule has 0 aliphatic rings. The van der Waals surface area contributed by atoms with Gasteiger partial charge in [0.2, 0.25) is 0 Å². The quantitative estimate of drug-likeness (QED) is 0.479. The number of carbonyl (C=O) groups is 1. The zero-order valence-electron chi connectivity index (χ0n) is 9.97. The van der Waals surface area contributed by atoms with Crippen molar-refractivity contribution in [2.45, 2.75) is 20.8 Å². The highest BCUT2D eigenvalue weighted by Crippen LogP contribution is 2.29. The van der Waals surface area contributed by atoms with Crippen molar-refractivity contribution < 1.29 is 19.8 Å². The molecule has 0 bridgehead atoms. The van der Waals surface area contributed by atoms with E-state index in [-0.39, 0.29) is 23.0 Å². The van der Waals surface area contributed by atoms with Crippen LogP contribution in [0.5, 0.6) is 11.5 Å². The van der Waals surface area contributed by atoms with Crippen molar-refractivity contribution in [3.8, 4) is 11.5 Å². The first-order valence-electron chi connectivity index (χ1n) is 5.20. The molecule has 0 atom stereocenters. The van der Waals surface area contributed by atoms with Gasteiger partial charge in [0, 0.05) is 6.92 Å². The van der Waals surface area contributed by atoms with Crippen molar-refractivity contribution >= 4 is 11.7 Å². The topological polar surface area (TPSA) is 79.1 Å². The Morgan fingerprint density at radius 2 is 1.82 bits per heavy atom. The van der Waals surface area contributed by atoms with Crippen LogP contribution in [0.2, 0.25) is 0 Å². The van der Waals surface area contributed by atoms with E-state index in [1.807, 2.05) is 13.8 Å². The molecule has 0 aliphatic heterocycles. The fraction of sp³-hybridized carbons (Fsp3) is 0.333. The molecule has 92 valence electrons. The predicted molar refractivity (Wildman–Crippen MR) is 62.9 cm³/mol. The van der Waals surface area contributed by atoms with E-state index in [1.165, 1.54) is 25.1 Å². The van der Waals surface area contributed by atoms with Gasteiger partial charge >= 0.3 is 5.97 Å². The SMILES string of the molecule is CC(=O)ON=C(c1c(O)cccc1O)C(C)C. The predicted octanol–water partition coefficient (Wildman–Crippen LogP) is 2.02. The number of hydrogen-bond acceptors (Lipinski definition) is 5. The molecule has 17 heavy (non-hydrogen) atoms. The molecule has 0 aliphatic carbocycles. The van der Waals surface area contributed by atoms with E-state index in [1.54, 1.807) is 0 Å². The summed E-state index contributed by atoms with van der Waals surface area (Å²) in [5, 5.41) is 23.1. The molecule has 5 heteroatoms. The first-order valence-corrected chi connectivity index (χ1v) is 5.20. The zero-order chi connectivity index (χ0) is 13.0. The molecule has 0 heterocycles. The van der Waals surface area contributed by atoms with E-state index in [0.717, 1.165) is 0 Å². The molecule has 0 saturated heterocycles. The molecular formula is C12H15NO4. The molecule has 1 aromatic carbocycles. The van der Waals surface area contributed by atoms with Crippen LogP contribution in [0.3, 0.4) is 0 Å². The smallest absolute Gasteiger partial charge is 0.331 e. The summed E-state index contributed by atoms with van der Waals surface area (Å²) in [6, 6.07) is 4.37. The number of rotatable bonds is 3. The second-order valence-electron chi connectivity index (χ2n) is 3.89. The van der Waals surface area contributed by atoms with Crippen LogP contribution in [-0.2, 0) is 9.63 Å². The highest BCUT2D eigenvalue weighted by Gasteiger charge is 2.18. The van der Waals surface area contributed by atoms with Gasteiger partial charge in [0.15, 0.2) is 0 Å². The Hall–Kier alpha value is -2.04. The molecular weight excluding hydrogens is 222 g/mol. The van der Waals surface area contributed by atoms with Gasteiger partial charge < -0.3 is 15.1 Å². The maximum atomic E-state index is 10.7. The lowest BCUT2D eigenvalue weighted by molar-refractivity contribution is -0.140. The number of aromatic hydroxyl groups is 2. The molecule has 0 saturated carbocycles. The largest absolute Gasteiger partial charge is 0.507 e. The Balaban J connectivity index is 3.23. The van der Waals surface area contributed by atoms with Gasteiger partial charge in [0.05, 0.1) is 11.3 Å². The zero-order valence-corrected chi connectivity index (χ0v) is 9.97. The molecule has 0 radical (unpaired) electrons. The summed E-state index contributed by atoms with van der Waals surface area (Å²) in [6.45, 7) is 4.86. The van der Waals surface area contributed by atoms with Crippen molar-refractivity contribution in [3.63, 3.8) is 0 Å². The molecule has 0 aromatic heterocycles. The number of phenols is 2. The third-order valence-electron chi connectivity index (χ3n) is 2.10. The minimum atomic E-state index is -0.557. The van der Waals surface area contributed by atoms with E-state index in [4.69, 9.17) is 0 Å². The molecule has 0 unspecified atom stereocenters. The maximum Gasteiger partial charge on any atom is 0.331 e. The third-order valence-corrected chi connectivity index (χ3v) is 2.10. The fourth-order valence-corrected chi connectivity index (χ4v) is 1.34. The molecule has 5 nitrogen and oxygen atoms in total. The van der Waals surface area contributed by atoms with Crippen molar-refractivity contribution in [1.82, 2.24) is 0 Å². The van der Waals surface area contributed by atoms with Gasteiger partial charge in [-0.25, -0.2) is 4.79 Å². The Labute approximate surface area is 99.3 Å². The van der Waals surface area contributed by atoms with Crippen LogP contribution in [0, 0.1) is 5.92 Å². The minimum Gasteiger partial charge on any atom is -0.507 e. The van der Waals surface area contributed by atoms with E-state index >= 15 is 0 Å². The van der Waals surface area contributed by atoms with E-state index in [0.29, 0.717) is 5.71 Å². The fourth-order valence-electron chi connectivity index (χ4n) is 1.34. The van der Waals surface area contributed by atoms with Crippen LogP contribution < -0.4 is 0 Å². The van der Waals surface area contributed by atoms with Crippen LogP contribution in [0.25, 0.3) is 0 Å². The average molecular weight is 237 g/mol. The van der Waals surface area contributed by atoms with Crippen molar-refractivity contribution in [1.29, 1.82) is 0 Å². The van der Waals surface area contributed by atoms with Gasteiger partial charge in [-0.2, -0.15) is 0 Å². The molecule has 0 spiro atoms. The van der Waals surface area contributed by atoms with Crippen LogP contribution in [0.4, 0.5) is 0 Å². The van der Waals surface area contributed by atoms with Gasteiger partial charge in [-0.15, -0.1) is 0 Å². The number of nitrogens with zero attached hydrogens (tertiary/aromatic N) is 1. The minimum absolute atomic E-state index is 0.107. The van der Waals surface area contributed by atoms with Gasteiger partial charge in [0.1, 0.15) is 11.5 Å². The Morgan fingerprint density at radius 1 is 1.29 bits per heavy atom. The first kappa shape index (κ1) is 13.0. The molecule has 0 amide bonds. The third kappa shape index (κ3) is 3.21. The summed E-state index contributed by atoms with van der Waals surface area (Å²) in [5.41, 5.74) is 0.500. The number of hydrogen-bond donors (Lipinski definition) is 2.